The first kappa shape index (κ1) is 17.6. The summed E-state index contributed by atoms with van der Waals surface area (Å²) in [5, 5.41) is 8.51. The number of hydrogen-bond donors (Lipinski definition) is 0. The normalized spacial score (nSPS) is 20.2. The monoisotopic (exact) mass is 343 g/mol. The van der Waals surface area contributed by atoms with Crippen molar-refractivity contribution in [1.82, 2.24) is 15.0 Å². The van der Waals surface area contributed by atoms with Gasteiger partial charge in [-0.2, -0.15) is 0 Å². The minimum Gasteiger partial charge on any atom is -0.462 e. The van der Waals surface area contributed by atoms with E-state index in [1.165, 1.54) is 0 Å². The van der Waals surface area contributed by atoms with Gasteiger partial charge in [-0.05, 0) is 52.7 Å². The van der Waals surface area contributed by atoms with Gasteiger partial charge in [-0.1, -0.05) is 17.3 Å². The number of carbonyl (C=O) groups excluding carboxylic acids is 1. The maximum Gasteiger partial charge on any atom is 0.338 e. The van der Waals surface area contributed by atoms with E-state index in [1.807, 2.05) is 23.0 Å². The summed E-state index contributed by atoms with van der Waals surface area (Å²) in [6, 6.07) is 7.60. The van der Waals surface area contributed by atoms with Crippen LogP contribution in [0.4, 0.5) is 0 Å². The molecule has 0 atom stereocenters. The Morgan fingerprint density at radius 3 is 2.76 bits per heavy atom. The van der Waals surface area contributed by atoms with Gasteiger partial charge in [-0.3, -0.25) is 0 Å². The summed E-state index contributed by atoms with van der Waals surface area (Å²) in [7, 11) is 0. The zero-order valence-electron chi connectivity index (χ0n) is 15.2. The molecule has 1 aliphatic carbocycles. The number of carbonyl (C=O) groups is 1. The molecule has 2 aromatic rings. The zero-order chi connectivity index (χ0) is 18.0. The van der Waals surface area contributed by atoms with Crippen LogP contribution in [0.5, 0.6) is 0 Å². The fourth-order valence-electron chi connectivity index (χ4n) is 2.96. The molecule has 1 heterocycles. The Morgan fingerprint density at radius 1 is 1.32 bits per heavy atom. The van der Waals surface area contributed by atoms with Crippen LogP contribution in [0, 0.1) is 0 Å². The van der Waals surface area contributed by atoms with Crippen LogP contribution in [0.3, 0.4) is 0 Å². The Bertz CT molecular complexity index is 742. The highest BCUT2D eigenvalue weighted by Crippen LogP contribution is 2.36. The average molecular weight is 343 g/mol. The first-order chi connectivity index (χ1) is 11.9. The Kier molecular flexibility index (Phi) is 4.90. The van der Waals surface area contributed by atoms with Gasteiger partial charge in [0.05, 0.1) is 36.1 Å². The van der Waals surface area contributed by atoms with E-state index in [2.05, 4.69) is 31.1 Å². The van der Waals surface area contributed by atoms with Crippen molar-refractivity contribution in [2.24, 2.45) is 0 Å². The number of rotatable bonds is 5. The van der Waals surface area contributed by atoms with E-state index >= 15 is 0 Å². The molecule has 0 aliphatic heterocycles. The molecule has 25 heavy (non-hydrogen) atoms. The lowest BCUT2D eigenvalue weighted by Crippen LogP contribution is -2.38. The van der Waals surface area contributed by atoms with Crippen molar-refractivity contribution in [2.45, 2.75) is 58.3 Å². The Hall–Kier alpha value is -2.21. The molecule has 1 fully saturated rings. The van der Waals surface area contributed by atoms with E-state index in [-0.39, 0.29) is 17.7 Å². The van der Waals surface area contributed by atoms with Gasteiger partial charge in [-0.15, -0.1) is 5.10 Å². The van der Waals surface area contributed by atoms with E-state index in [1.54, 1.807) is 19.1 Å². The van der Waals surface area contributed by atoms with Gasteiger partial charge in [-0.25, -0.2) is 9.48 Å². The fourth-order valence-corrected chi connectivity index (χ4v) is 2.96. The number of benzene rings is 1. The number of esters is 1. The smallest absolute Gasteiger partial charge is 0.338 e. The molecule has 0 bridgehead atoms. The molecule has 0 amide bonds. The zero-order valence-corrected chi connectivity index (χ0v) is 15.2. The van der Waals surface area contributed by atoms with E-state index in [0.717, 1.165) is 24.1 Å². The van der Waals surface area contributed by atoms with Crippen LogP contribution in [0.15, 0.2) is 30.5 Å². The maximum atomic E-state index is 11.9. The van der Waals surface area contributed by atoms with Crippen LogP contribution in [0.2, 0.25) is 0 Å². The quantitative estimate of drug-likeness (QED) is 0.776. The summed E-state index contributed by atoms with van der Waals surface area (Å²) in [5.41, 5.74) is 2.03. The second kappa shape index (κ2) is 6.96. The first-order valence-corrected chi connectivity index (χ1v) is 8.73. The summed E-state index contributed by atoms with van der Waals surface area (Å²) in [6.07, 6.45) is 4.11. The molecule has 0 N–H and O–H groups in total. The molecule has 0 unspecified atom stereocenters. The molecule has 0 radical (unpaired) electrons. The molecule has 3 rings (SSSR count). The first-order valence-electron chi connectivity index (χ1n) is 8.73. The van der Waals surface area contributed by atoms with Crippen LogP contribution in [-0.2, 0) is 9.47 Å². The van der Waals surface area contributed by atoms with E-state index in [4.69, 9.17) is 9.47 Å². The maximum absolute atomic E-state index is 11.9. The summed E-state index contributed by atoms with van der Waals surface area (Å²) >= 11 is 0. The van der Waals surface area contributed by atoms with Crippen LogP contribution in [-0.4, -0.2) is 39.3 Å². The largest absolute Gasteiger partial charge is 0.462 e. The molecule has 1 aromatic heterocycles. The highest BCUT2D eigenvalue weighted by molar-refractivity contribution is 5.90. The predicted molar refractivity (Wildman–Crippen MR) is 94.3 cm³/mol. The topological polar surface area (TPSA) is 66.2 Å². The second-order valence-electron chi connectivity index (χ2n) is 7.36. The van der Waals surface area contributed by atoms with Gasteiger partial charge in [0, 0.05) is 5.56 Å². The molecular weight excluding hydrogens is 318 g/mol. The third-order valence-corrected chi connectivity index (χ3v) is 4.14. The molecule has 0 spiro atoms. The van der Waals surface area contributed by atoms with Gasteiger partial charge in [0.1, 0.15) is 5.69 Å². The van der Waals surface area contributed by atoms with Crippen molar-refractivity contribution in [1.29, 1.82) is 0 Å². The highest BCUT2D eigenvalue weighted by Gasteiger charge is 2.34. The summed E-state index contributed by atoms with van der Waals surface area (Å²) < 4.78 is 12.9. The van der Waals surface area contributed by atoms with Crippen molar-refractivity contribution in [3.8, 4) is 11.3 Å². The summed E-state index contributed by atoms with van der Waals surface area (Å²) in [6.45, 7) is 8.38. The molecule has 134 valence electrons. The molecule has 1 saturated carbocycles. The Morgan fingerprint density at radius 2 is 2.08 bits per heavy atom. The lowest BCUT2D eigenvalue weighted by atomic mass is 9.88. The predicted octanol–water partition coefficient (Wildman–Crippen LogP) is 3.64. The standard InChI is InChI=1S/C19H25N3O3/c1-5-24-18(23)14-8-6-7-13(9-14)17-12-22(21-20-17)15-10-16(11-15)25-19(2,3)4/h6-9,12,15-16H,5,10-11H2,1-4H3. The van der Waals surface area contributed by atoms with Crippen molar-refractivity contribution in [3.05, 3.63) is 36.0 Å². The Balaban J connectivity index is 1.67. The molecule has 0 saturated heterocycles. The van der Waals surface area contributed by atoms with Crippen molar-refractivity contribution >= 4 is 5.97 Å². The van der Waals surface area contributed by atoms with E-state index in [0.29, 0.717) is 18.2 Å². The Labute approximate surface area is 148 Å². The minimum atomic E-state index is -0.321. The third-order valence-electron chi connectivity index (χ3n) is 4.14. The molecule has 1 aromatic carbocycles. The van der Waals surface area contributed by atoms with Crippen LogP contribution < -0.4 is 0 Å². The van der Waals surface area contributed by atoms with Crippen molar-refractivity contribution < 1.29 is 14.3 Å². The molecule has 6 nitrogen and oxygen atoms in total. The lowest BCUT2D eigenvalue weighted by Gasteiger charge is -2.38. The third kappa shape index (κ3) is 4.25. The van der Waals surface area contributed by atoms with Gasteiger partial charge in [0.2, 0.25) is 0 Å². The second-order valence-corrected chi connectivity index (χ2v) is 7.36. The lowest BCUT2D eigenvalue weighted by molar-refractivity contribution is -0.110. The number of aromatic nitrogens is 3. The van der Waals surface area contributed by atoms with Gasteiger partial charge in [0.25, 0.3) is 0 Å². The van der Waals surface area contributed by atoms with Crippen molar-refractivity contribution in [2.75, 3.05) is 6.61 Å². The molecular formula is C19H25N3O3. The minimum absolute atomic E-state index is 0.114. The number of hydrogen-bond acceptors (Lipinski definition) is 5. The SMILES string of the molecule is CCOC(=O)c1cccc(-c2cn(C3CC(OC(C)(C)C)C3)nn2)c1. The summed E-state index contributed by atoms with van der Waals surface area (Å²) in [5.74, 6) is -0.321. The van der Waals surface area contributed by atoms with Crippen molar-refractivity contribution in [3.63, 3.8) is 0 Å². The van der Waals surface area contributed by atoms with Crippen LogP contribution in [0.1, 0.15) is 56.9 Å². The number of ether oxygens (including phenoxy) is 2. The van der Waals surface area contributed by atoms with E-state index in [9.17, 15) is 4.79 Å². The molecule has 6 heteroatoms. The van der Waals surface area contributed by atoms with Gasteiger partial charge < -0.3 is 9.47 Å². The van der Waals surface area contributed by atoms with E-state index < -0.39 is 0 Å². The number of nitrogens with zero attached hydrogens (tertiary/aromatic N) is 3. The van der Waals surface area contributed by atoms with Crippen LogP contribution in [0.25, 0.3) is 11.3 Å². The van der Waals surface area contributed by atoms with Crippen LogP contribution >= 0.6 is 0 Å². The average Bonchev–Trinajstić information content (AvgIpc) is 2.99. The fraction of sp³-hybridized carbons (Fsp3) is 0.526. The highest BCUT2D eigenvalue weighted by atomic mass is 16.5. The summed E-state index contributed by atoms with van der Waals surface area (Å²) in [4.78, 5) is 11.9. The molecule has 1 aliphatic rings. The van der Waals surface area contributed by atoms with Gasteiger partial charge >= 0.3 is 5.97 Å². The van der Waals surface area contributed by atoms with Gasteiger partial charge in [0.15, 0.2) is 0 Å².